The van der Waals surface area contributed by atoms with Gasteiger partial charge in [0.15, 0.2) is 9.84 Å². The van der Waals surface area contributed by atoms with Crippen molar-refractivity contribution < 1.29 is 18.3 Å². The van der Waals surface area contributed by atoms with E-state index < -0.39 is 9.84 Å². The van der Waals surface area contributed by atoms with Crippen LogP contribution in [0.1, 0.15) is 54.8 Å². The van der Waals surface area contributed by atoms with Crippen molar-refractivity contribution in [3.8, 4) is 0 Å². The van der Waals surface area contributed by atoms with Gasteiger partial charge in [0.25, 0.3) is 5.56 Å². The molecule has 0 bridgehead atoms. The number of benzene rings is 1. The number of hydrogen-bond donors (Lipinski definition) is 3. The predicted molar refractivity (Wildman–Crippen MR) is 117 cm³/mol. The molecular formula is C23H26N2O5S. The Morgan fingerprint density at radius 1 is 1.06 bits per heavy atom. The molecule has 0 unspecified atom stereocenters. The molecule has 1 amide bonds. The monoisotopic (exact) mass is 442 g/mol. The maximum absolute atomic E-state index is 12.6. The molecule has 1 aromatic carbocycles. The van der Waals surface area contributed by atoms with Crippen LogP contribution in [0.4, 0.5) is 0 Å². The normalized spacial score (nSPS) is 19.5. The maximum Gasteiger partial charge on any atom is 0.251 e. The second kappa shape index (κ2) is 8.80. The lowest BCUT2D eigenvalue weighted by molar-refractivity contribution is -0.119. The number of carbonyl (C=O) groups excluding carboxylic acids is 1. The maximum atomic E-state index is 12.6. The van der Waals surface area contributed by atoms with E-state index in [1.54, 1.807) is 24.3 Å². The van der Waals surface area contributed by atoms with Crippen LogP contribution >= 0.6 is 0 Å². The highest BCUT2D eigenvalue weighted by atomic mass is 32.2. The number of H-pyrrole nitrogens is 1. The molecule has 2 heterocycles. The first-order valence-electron chi connectivity index (χ1n) is 10.6. The summed E-state index contributed by atoms with van der Waals surface area (Å²) in [5, 5.41) is 11.8. The molecule has 1 atom stereocenters. The minimum Gasteiger partial charge on any atom is -0.396 e. The number of amides is 1. The summed E-state index contributed by atoms with van der Waals surface area (Å²) >= 11 is 0. The molecule has 7 nitrogen and oxygen atoms in total. The fraction of sp³-hybridized carbons (Fsp3) is 0.391. The third kappa shape index (κ3) is 4.97. The molecule has 2 aliphatic rings. The Kier molecular flexibility index (Phi) is 6.11. The number of sulfone groups is 1. The Morgan fingerprint density at radius 2 is 1.81 bits per heavy atom. The number of aliphatic hydroxyl groups is 1. The van der Waals surface area contributed by atoms with Gasteiger partial charge in [-0.1, -0.05) is 24.3 Å². The van der Waals surface area contributed by atoms with Crippen molar-refractivity contribution in [2.45, 2.75) is 49.0 Å². The minimum absolute atomic E-state index is 0.0106. The van der Waals surface area contributed by atoms with E-state index in [0.29, 0.717) is 24.5 Å². The fourth-order valence-electron chi connectivity index (χ4n) is 3.88. The van der Waals surface area contributed by atoms with Gasteiger partial charge in [0.1, 0.15) is 0 Å². The zero-order valence-electron chi connectivity index (χ0n) is 17.1. The van der Waals surface area contributed by atoms with Crippen LogP contribution in [0.2, 0.25) is 0 Å². The van der Waals surface area contributed by atoms with Crippen molar-refractivity contribution in [3.63, 3.8) is 0 Å². The number of aromatic amines is 1. The van der Waals surface area contributed by atoms with Crippen molar-refractivity contribution in [1.82, 2.24) is 10.3 Å². The summed E-state index contributed by atoms with van der Waals surface area (Å²) in [5.74, 6) is 0.210. The molecule has 2 fully saturated rings. The molecule has 1 saturated carbocycles. The van der Waals surface area contributed by atoms with Crippen molar-refractivity contribution >= 4 is 21.3 Å². The molecule has 164 valence electrons. The summed E-state index contributed by atoms with van der Waals surface area (Å²) in [7, 11) is -3.47. The van der Waals surface area contributed by atoms with Crippen molar-refractivity contribution in [1.29, 1.82) is 0 Å². The van der Waals surface area contributed by atoms with E-state index in [0.717, 1.165) is 29.5 Å². The summed E-state index contributed by atoms with van der Waals surface area (Å²) in [6.45, 7) is -0.179. The standard InChI is InChI=1S/C23H26N2O5S/c26-12-1-13-31(29,30)18-7-4-16(5-8-18)20(14-17-6-11-22(27)24-17)21-10-9-19(15-2-3-15)23(28)25-21/h4-5,7-10,14-15,17,26H,1-3,6,11-13H2,(H,24,27)(H,25,28)/b20-14+/t17-/m1/s1. The van der Waals surface area contributed by atoms with Gasteiger partial charge in [-0.25, -0.2) is 8.42 Å². The highest BCUT2D eigenvalue weighted by molar-refractivity contribution is 7.91. The molecule has 2 aromatic rings. The number of aliphatic hydroxyl groups excluding tert-OH is 1. The zero-order chi connectivity index (χ0) is 22.0. The quantitative estimate of drug-likeness (QED) is 0.579. The third-order valence-corrected chi connectivity index (χ3v) is 7.56. The molecule has 1 saturated heterocycles. The summed E-state index contributed by atoms with van der Waals surface area (Å²) in [6, 6.07) is 10.1. The van der Waals surface area contributed by atoms with Gasteiger partial charge in [-0.3, -0.25) is 9.59 Å². The number of aromatic nitrogens is 1. The molecular weight excluding hydrogens is 416 g/mol. The van der Waals surface area contributed by atoms with Crippen LogP contribution in [-0.4, -0.2) is 42.8 Å². The Labute approximate surface area is 181 Å². The average molecular weight is 443 g/mol. The largest absolute Gasteiger partial charge is 0.396 e. The lowest BCUT2D eigenvalue weighted by Gasteiger charge is -2.13. The molecule has 1 aromatic heterocycles. The van der Waals surface area contributed by atoms with E-state index in [1.165, 1.54) is 0 Å². The van der Waals surface area contributed by atoms with Gasteiger partial charge in [-0.15, -0.1) is 0 Å². The molecule has 1 aliphatic carbocycles. The van der Waals surface area contributed by atoms with Crippen LogP contribution < -0.4 is 10.9 Å². The molecule has 0 spiro atoms. The lowest BCUT2D eigenvalue weighted by atomic mass is 9.98. The van der Waals surface area contributed by atoms with Crippen molar-refractivity contribution in [3.05, 3.63) is 69.6 Å². The van der Waals surface area contributed by atoms with Crippen LogP contribution in [0.15, 0.2) is 52.2 Å². The van der Waals surface area contributed by atoms with Crippen molar-refractivity contribution in [2.24, 2.45) is 0 Å². The number of rotatable bonds is 8. The van der Waals surface area contributed by atoms with Crippen LogP contribution in [0.5, 0.6) is 0 Å². The number of hydrogen-bond acceptors (Lipinski definition) is 5. The Morgan fingerprint density at radius 3 is 2.39 bits per heavy atom. The molecule has 1 aliphatic heterocycles. The predicted octanol–water partition coefficient (Wildman–Crippen LogP) is 2.12. The SMILES string of the molecule is O=C1CC[C@H](/C=C(\c2ccc(S(=O)(=O)CCCO)cc2)c2ccc(C3CC3)c(=O)[nH]2)N1. The number of pyridine rings is 1. The second-order valence-corrected chi connectivity index (χ2v) is 10.3. The molecule has 0 radical (unpaired) electrons. The van der Waals surface area contributed by atoms with Gasteiger partial charge in [-0.2, -0.15) is 0 Å². The highest BCUT2D eigenvalue weighted by Crippen LogP contribution is 2.38. The zero-order valence-corrected chi connectivity index (χ0v) is 18.0. The van der Waals surface area contributed by atoms with E-state index in [1.807, 2.05) is 18.2 Å². The van der Waals surface area contributed by atoms with Gasteiger partial charge >= 0.3 is 0 Å². The summed E-state index contributed by atoms with van der Waals surface area (Å²) in [4.78, 5) is 27.4. The molecule has 8 heteroatoms. The average Bonchev–Trinajstić information content (AvgIpc) is 3.51. The van der Waals surface area contributed by atoms with Gasteiger partial charge in [0, 0.05) is 35.9 Å². The van der Waals surface area contributed by atoms with Crippen LogP contribution in [0, 0.1) is 0 Å². The fourth-order valence-corrected chi connectivity index (χ4v) is 5.17. The van der Waals surface area contributed by atoms with Crippen LogP contribution in [-0.2, 0) is 14.6 Å². The van der Waals surface area contributed by atoms with Gasteiger partial charge < -0.3 is 15.4 Å². The van der Waals surface area contributed by atoms with Crippen molar-refractivity contribution in [2.75, 3.05) is 12.4 Å². The summed E-state index contributed by atoms with van der Waals surface area (Å²) in [6.07, 6.45) is 5.29. The molecule has 31 heavy (non-hydrogen) atoms. The van der Waals surface area contributed by atoms with Gasteiger partial charge in [0.2, 0.25) is 5.91 Å². The first-order valence-corrected chi connectivity index (χ1v) is 12.2. The Balaban J connectivity index is 1.69. The number of nitrogens with one attached hydrogen (secondary N) is 2. The summed E-state index contributed by atoms with van der Waals surface area (Å²) < 4.78 is 24.8. The third-order valence-electron chi connectivity index (χ3n) is 5.74. The number of carbonyl (C=O) groups is 1. The lowest BCUT2D eigenvalue weighted by Crippen LogP contribution is -2.23. The van der Waals surface area contributed by atoms with E-state index >= 15 is 0 Å². The van der Waals surface area contributed by atoms with Crippen LogP contribution in [0.3, 0.4) is 0 Å². The first kappa shape index (κ1) is 21.5. The van der Waals surface area contributed by atoms with Gasteiger partial charge in [-0.05, 0) is 55.4 Å². The van der Waals surface area contributed by atoms with E-state index in [2.05, 4.69) is 10.3 Å². The van der Waals surface area contributed by atoms with E-state index in [4.69, 9.17) is 5.11 Å². The topological polar surface area (TPSA) is 116 Å². The van der Waals surface area contributed by atoms with Crippen LogP contribution in [0.25, 0.3) is 5.57 Å². The second-order valence-electron chi connectivity index (χ2n) is 8.14. The van der Waals surface area contributed by atoms with E-state index in [-0.39, 0.29) is 41.2 Å². The highest BCUT2D eigenvalue weighted by Gasteiger charge is 2.27. The van der Waals surface area contributed by atoms with E-state index in [9.17, 15) is 18.0 Å². The summed E-state index contributed by atoms with van der Waals surface area (Å²) in [5.41, 5.74) is 2.81. The smallest absolute Gasteiger partial charge is 0.251 e. The Hall–Kier alpha value is -2.71. The molecule has 4 rings (SSSR count). The first-order chi connectivity index (χ1) is 14.9. The minimum atomic E-state index is -3.47. The molecule has 3 N–H and O–H groups in total. The van der Waals surface area contributed by atoms with Gasteiger partial charge in [0.05, 0.1) is 10.6 Å². The Bertz CT molecular complexity index is 1160.